The molecule has 6 heteroatoms. The molecule has 0 unspecified atom stereocenters. The summed E-state index contributed by atoms with van der Waals surface area (Å²) >= 11 is 13.5. The highest BCUT2D eigenvalue weighted by atomic mass is 35.5. The van der Waals surface area contributed by atoms with Gasteiger partial charge >= 0.3 is 0 Å². The van der Waals surface area contributed by atoms with E-state index < -0.39 is 0 Å². The average molecular weight is 323 g/mol. The van der Waals surface area contributed by atoms with Gasteiger partial charge in [0.1, 0.15) is 4.88 Å². The number of nitrogens with one attached hydrogen (secondary N) is 1. The maximum atomic E-state index is 12.2. The van der Waals surface area contributed by atoms with Gasteiger partial charge in [0.15, 0.2) is 0 Å². The summed E-state index contributed by atoms with van der Waals surface area (Å²) in [4.78, 5) is 16.7. The molecule has 20 heavy (non-hydrogen) atoms. The monoisotopic (exact) mass is 322 g/mol. The number of halogens is 2. The summed E-state index contributed by atoms with van der Waals surface area (Å²) in [7, 11) is 0. The second-order valence-corrected chi connectivity index (χ2v) is 5.95. The Kier molecular flexibility index (Phi) is 3.61. The van der Waals surface area contributed by atoms with Crippen molar-refractivity contribution in [1.29, 1.82) is 0 Å². The average Bonchev–Trinajstić information content (AvgIpc) is 2.76. The molecule has 3 rings (SSSR count). The minimum absolute atomic E-state index is 0.250. The van der Waals surface area contributed by atoms with E-state index in [2.05, 4.69) is 10.3 Å². The Hall–Kier alpha value is -1.62. The molecular formula is C14H8Cl2N2OS. The van der Waals surface area contributed by atoms with Gasteiger partial charge in [-0.1, -0.05) is 29.3 Å². The molecule has 0 aliphatic carbocycles. The van der Waals surface area contributed by atoms with E-state index in [1.54, 1.807) is 36.7 Å². The molecule has 0 radical (unpaired) electrons. The van der Waals surface area contributed by atoms with Crippen LogP contribution >= 0.6 is 34.5 Å². The normalized spacial score (nSPS) is 10.7. The molecule has 3 nitrogen and oxygen atoms in total. The summed E-state index contributed by atoms with van der Waals surface area (Å²) in [5.41, 5.74) is 0.629. The Morgan fingerprint density at radius 2 is 2.10 bits per heavy atom. The van der Waals surface area contributed by atoms with Crippen LogP contribution in [0.15, 0.2) is 42.7 Å². The lowest BCUT2D eigenvalue weighted by Crippen LogP contribution is -2.10. The molecule has 0 bridgehead atoms. The Bertz CT molecular complexity index is 786. The van der Waals surface area contributed by atoms with Crippen molar-refractivity contribution >= 4 is 56.2 Å². The van der Waals surface area contributed by atoms with E-state index in [4.69, 9.17) is 23.2 Å². The largest absolute Gasteiger partial charge is 0.320 e. The number of amides is 1. The number of benzene rings is 1. The lowest BCUT2D eigenvalue weighted by Gasteiger charge is -2.02. The van der Waals surface area contributed by atoms with Gasteiger partial charge in [0.2, 0.25) is 0 Å². The fourth-order valence-electron chi connectivity index (χ4n) is 1.81. The highest BCUT2D eigenvalue weighted by molar-refractivity contribution is 7.21. The SMILES string of the molecule is O=C(Nc1cccnc1)c1sc2cc(Cl)ccc2c1Cl. The molecule has 0 spiro atoms. The Balaban J connectivity index is 1.97. The van der Waals surface area contributed by atoms with Gasteiger partial charge in [-0.05, 0) is 24.3 Å². The number of hydrogen-bond donors (Lipinski definition) is 1. The van der Waals surface area contributed by atoms with Crippen molar-refractivity contribution in [3.05, 3.63) is 57.6 Å². The molecule has 0 saturated heterocycles. The van der Waals surface area contributed by atoms with Crippen LogP contribution in [0.1, 0.15) is 9.67 Å². The summed E-state index contributed by atoms with van der Waals surface area (Å²) in [5, 5.41) is 4.66. The second kappa shape index (κ2) is 5.40. The molecule has 0 aliphatic heterocycles. The first-order chi connectivity index (χ1) is 9.65. The van der Waals surface area contributed by atoms with Crippen LogP contribution in [0.4, 0.5) is 5.69 Å². The topological polar surface area (TPSA) is 42.0 Å². The van der Waals surface area contributed by atoms with E-state index in [9.17, 15) is 4.79 Å². The highest BCUT2D eigenvalue weighted by Gasteiger charge is 2.17. The molecule has 0 saturated carbocycles. The first-order valence-electron chi connectivity index (χ1n) is 5.74. The quantitative estimate of drug-likeness (QED) is 0.732. The molecule has 0 fully saturated rings. The van der Waals surface area contributed by atoms with Crippen molar-refractivity contribution in [2.75, 3.05) is 5.32 Å². The molecule has 1 N–H and O–H groups in total. The van der Waals surface area contributed by atoms with Crippen LogP contribution in [-0.4, -0.2) is 10.9 Å². The lowest BCUT2D eigenvalue weighted by atomic mass is 10.2. The number of aromatic nitrogens is 1. The molecule has 2 aromatic heterocycles. The molecule has 0 aliphatic rings. The zero-order valence-electron chi connectivity index (χ0n) is 10.1. The minimum atomic E-state index is -0.250. The number of fused-ring (bicyclic) bond motifs is 1. The van der Waals surface area contributed by atoms with Gasteiger partial charge in [0.05, 0.1) is 16.9 Å². The zero-order chi connectivity index (χ0) is 14.1. The number of pyridine rings is 1. The van der Waals surface area contributed by atoms with Crippen LogP contribution in [0.25, 0.3) is 10.1 Å². The van der Waals surface area contributed by atoms with Crippen molar-refractivity contribution in [3.63, 3.8) is 0 Å². The van der Waals surface area contributed by atoms with Gasteiger partial charge in [-0.3, -0.25) is 9.78 Å². The van der Waals surface area contributed by atoms with Gasteiger partial charge in [-0.25, -0.2) is 0 Å². The summed E-state index contributed by atoms with van der Waals surface area (Å²) in [6.45, 7) is 0. The van der Waals surface area contributed by atoms with Crippen molar-refractivity contribution in [2.45, 2.75) is 0 Å². The second-order valence-electron chi connectivity index (χ2n) is 4.08. The Morgan fingerprint density at radius 3 is 2.85 bits per heavy atom. The van der Waals surface area contributed by atoms with E-state index in [0.29, 0.717) is 20.6 Å². The van der Waals surface area contributed by atoms with Gasteiger partial charge in [-0.15, -0.1) is 11.3 Å². The van der Waals surface area contributed by atoms with Crippen LogP contribution in [-0.2, 0) is 0 Å². The van der Waals surface area contributed by atoms with Gasteiger partial charge in [-0.2, -0.15) is 0 Å². The maximum absolute atomic E-state index is 12.2. The minimum Gasteiger partial charge on any atom is -0.320 e. The summed E-state index contributed by atoms with van der Waals surface area (Å²) in [5.74, 6) is -0.250. The van der Waals surface area contributed by atoms with Crippen molar-refractivity contribution in [3.8, 4) is 0 Å². The third-order valence-electron chi connectivity index (χ3n) is 2.72. The molecular weight excluding hydrogens is 315 g/mol. The lowest BCUT2D eigenvalue weighted by molar-refractivity contribution is 0.103. The zero-order valence-corrected chi connectivity index (χ0v) is 12.4. The highest BCUT2D eigenvalue weighted by Crippen LogP contribution is 2.37. The summed E-state index contributed by atoms with van der Waals surface area (Å²) < 4.78 is 0.888. The van der Waals surface area contributed by atoms with Gasteiger partial charge in [0, 0.05) is 21.3 Å². The molecule has 0 atom stereocenters. The van der Waals surface area contributed by atoms with Crippen molar-refractivity contribution < 1.29 is 4.79 Å². The van der Waals surface area contributed by atoms with Crippen LogP contribution in [0, 0.1) is 0 Å². The van der Waals surface area contributed by atoms with Gasteiger partial charge in [0.25, 0.3) is 5.91 Å². The number of carbonyl (C=O) groups is 1. The Labute approximate surface area is 129 Å². The molecule has 1 aromatic carbocycles. The number of anilines is 1. The van der Waals surface area contributed by atoms with Crippen LogP contribution in [0.2, 0.25) is 10.0 Å². The van der Waals surface area contributed by atoms with Crippen LogP contribution in [0.5, 0.6) is 0 Å². The summed E-state index contributed by atoms with van der Waals surface area (Å²) in [6.07, 6.45) is 3.22. The first-order valence-corrected chi connectivity index (χ1v) is 7.31. The molecule has 1 amide bonds. The predicted molar refractivity (Wildman–Crippen MR) is 84.0 cm³/mol. The molecule has 2 heterocycles. The van der Waals surface area contributed by atoms with Crippen molar-refractivity contribution in [1.82, 2.24) is 4.98 Å². The Morgan fingerprint density at radius 1 is 1.25 bits per heavy atom. The van der Waals surface area contributed by atoms with E-state index in [0.717, 1.165) is 10.1 Å². The van der Waals surface area contributed by atoms with E-state index in [-0.39, 0.29) is 5.91 Å². The maximum Gasteiger partial charge on any atom is 0.267 e. The van der Waals surface area contributed by atoms with E-state index in [1.807, 2.05) is 6.07 Å². The third kappa shape index (κ3) is 2.50. The third-order valence-corrected chi connectivity index (χ3v) is 4.61. The van der Waals surface area contributed by atoms with E-state index in [1.165, 1.54) is 11.3 Å². The number of thiophene rings is 1. The summed E-state index contributed by atoms with van der Waals surface area (Å²) in [6, 6.07) is 8.89. The van der Waals surface area contributed by atoms with Gasteiger partial charge < -0.3 is 5.32 Å². The van der Waals surface area contributed by atoms with Crippen molar-refractivity contribution in [2.24, 2.45) is 0 Å². The first kappa shape index (κ1) is 13.4. The number of hydrogen-bond acceptors (Lipinski definition) is 3. The fourth-order valence-corrected chi connectivity index (χ4v) is 3.50. The molecule has 100 valence electrons. The van der Waals surface area contributed by atoms with Crippen LogP contribution < -0.4 is 5.32 Å². The molecule has 3 aromatic rings. The van der Waals surface area contributed by atoms with E-state index >= 15 is 0 Å². The number of rotatable bonds is 2. The standard InChI is InChI=1S/C14H8Cl2N2OS/c15-8-3-4-10-11(6-8)20-13(12(10)16)14(19)18-9-2-1-5-17-7-9/h1-7H,(H,18,19). The fraction of sp³-hybridized carbons (Fsp3) is 0. The predicted octanol–water partition coefficient (Wildman–Crippen LogP) is 4.86. The number of nitrogens with zero attached hydrogens (tertiary/aromatic N) is 1. The smallest absolute Gasteiger partial charge is 0.267 e. The number of carbonyl (C=O) groups excluding carboxylic acids is 1. The van der Waals surface area contributed by atoms with Crippen LogP contribution in [0.3, 0.4) is 0 Å².